The van der Waals surface area contributed by atoms with Gasteiger partial charge in [-0.25, -0.2) is 9.37 Å². The van der Waals surface area contributed by atoms with E-state index in [0.717, 1.165) is 0 Å². The molecule has 0 unspecified atom stereocenters. The van der Waals surface area contributed by atoms with Crippen LogP contribution >= 0.6 is 27.5 Å². The van der Waals surface area contributed by atoms with Crippen LogP contribution < -0.4 is 5.56 Å². The average molecular weight is 318 g/mol. The SMILES string of the molecule is Cc1nc(-c2ccc(Cl)c(F)c2)[nH]c(=O)c1Br. The Kier molecular flexibility index (Phi) is 3.31. The number of nitrogens with zero attached hydrogens (tertiary/aromatic N) is 1. The van der Waals surface area contributed by atoms with Gasteiger partial charge in [0.25, 0.3) is 5.56 Å². The molecule has 0 aliphatic carbocycles. The molecule has 2 rings (SSSR count). The molecule has 0 aliphatic heterocycles. The first-order valence-corrected chi connectivity index (χ1v) is 5.88. The number of nitrogens with one attached hydrogen (secondary N) is 1. The summed E-state index contributed by atoms with van der Waals surface area (Å²) in [6.07, 6.45) is 0. The second-order valence-electron chi connectivity index (χ2n) is 3.44. The molecule has 1 N–H and O–H groups in total. The maximum absolute atomic E-state index is 13.3. The van der Waals surface area contributed by atoms with Gasteiger partial charge in [0, 0.05) is 5.56 Å². The third kappa shape index (κ3) is 2.40. The molecule has 1 aromatic heterocycles. The van der Waals surface area contributed by atoms with E-state index in [1.807, 2.05) is 0 Å². The molecular formula is C11H7BrClFN2O. The van der Waals surface area contributed by atoms with Gasteiger partial charge in [0.15, 0.2) is 0 Å². The standard InChI is InChI=1S/C11H7BrClFN2O/c1-5-9(12)11(17)16-10(15-5)6-2-3-7(13)8(14)4-6/h2-4H,1H3,(H,15,16,17). The lowest BCUT2D eigenvalue weighted by Gasteiger charge is -2.04. The molecule has 0 aliphatic rings. The van der Waals surface area contributed by atoms with Crippen LogP contribution in [0.1, 0.15) is 5.69 Å². The number of benzene rings is 1. The summed E-state index contributed by atoms with van der Waals surface area (Å²) in [6, 6.07) is 4.24. The number of H-pyrrole nitrogens is 1. The van der Waals surface area contributed by atoms with Crippen molar-refractivity contribution in [1.29, 1.82) is 0 Å². The van der Waals surface area contributed by atoms with Gasteiger partial charge < -0.3 is 4.98 Å². The smallest absolute Gasteiger partial charge is 0.265 e. The number of hydrogen-bond donors (Lipinski definition) is 1. The molecule has 88 valence electrons. The quantitative estimate of drug-likeness (QED) is 0.877. The van der Waals surface area contributed by atoms with Crippen LogP contribution in [-0.4, -0.2) is 9.97 Å². The van der Waals surface area contributed by atoms with Gasteiger partial charge in [-0.1, -0.05) is 11.6 Å². The fourth-order valence-electron chi connectivity index (χ4n) is 1.35. The van der Waals surface area contributed by atoms with Crippen LogP contribution in [0.5, 0.6) is 0 Å². The van der Waals surface area contributed by atoms with Crippen molar-refractivity contribution >= 4 is 27.5 Å². The summed E-state index contributed by atoms with van der Waals surface area (Å²) in [4.78, 5) is 18.2. The largest absolute Gasteiger partial charge is 0.306 e. The monoisotopic (exact) mass is 316 g/mol. The summed E-state index contributed by atoms with van der Waals surface area (Å²) in [6.45, 7) is 1.69. The minimum Gasteiger partial charge on any atom is -0.306 e. The van der Waals surface area contributed by atoms with Crippen LogP contribution in [0.15, 0.2) is 27.5 Å². The van der Waals surface area contributed by atoms with Crippen LogP contribution in [0.3, 0.4) is 0 Å². The fourth-order valence-corrected chi connectivity index (χ4v) is 1.66. The Morgan fingerprint density at radius 2 is 2.18 bits per heavy atom. The van der Waals surface area contributed by atoms with Crippen molar-refractivity contribution in [2.24, 2.45) is 0 Å². The zero-order valence-electron chi connectivity index (χ0n) is 8.72. The van der Waals surface area contributed by atoms with Crippen molar-refractivity contribution in [1.82, 2.24) is 9.97 Å². The van der Waals surface area contributed by atoms with Crippen LogP contribution in [0.2, 0.25) is 5.02 Å². The summed E-state index contributed by atoms with van der Waals surface area (Å²) >= 11 is 8.69. The molecule has 0 atom stereocenters. The second kappa shape index (κ2) is 4.58. The topological polar surface area (TPSA) is 45.8 Å². The number of hydrogen-bond acceptors (Lipinski definition) is 2. The highest BCUT2D eigenvalue weighted by Gasteiger charge is 2.08. The van der Waals surface area contributed by atoms with Gasteiger partial charge in [0.1, 0.15) is 16.1 Å². The molecule has 6 heteroatoms. The molecule has 0 spiro atoms. The van der Waals surface area contributed by atoms with Crippen molar-refractivity contribution < 1.29 is 4.39 Å². The molecule has 0 radical (unpaired) electrons. The normalized spacial score (nSPS) is 10.6. The minimum absolute atomic E-state index is 0.0323. The van der Waals surface area contributed by atoms with E-state index in [0.29, 0.717) is 21.6 Å². The molecular weight excluding hydrogens is 310 g/mol. The van der Waals surface area contributed by atoms with Gasteiger partial charge in [-0.3, -0.25) is 4.79 Å². The Morgan fingerprint density at radius 3 is 2.76 bits per heavy atom. The first-order chi connectivity index (χ1) is 7.99. The van der Waals surface area contributed by atoms with Crippen molar-refractivity contribution in [3.8, 4) is 11.4 Å². The van der Waals surface area contributed by atoms with Crippen molar-refractivity contribution in [2.75, 3.05) is 0 Å². The fraction of sp³-hybridized carbons (Fsp3) is 0.0909. The van der Waals surface area contributed by atoms with E-state index >= 15 is 0 Å². The number of aryl methyl sites for hydroxylation is 1. The molecule has 0 fully saturated rings. The minimum atomic E-state index is -0.549. The Labute approximate surface area is 110 Å². The zero-order valence-corrected chi connectivity index (χ0v) is 11.1. The molecule has 17 heavy (non-hydrogen) atoms. The van der Waals surface area contributed by atoms with Crippen molar-refractivity contribution in [3.05, 3.63) is 49.6 Å². The van der Waals surface area contributed by atoms with Crippen molar-refractivity contribution in [3.63, 3.8) is 0 Å². The summed E-state index contributed by atoms with van der Waals surface area (Å²) in [5.41, 5.74) is 0.710. The number of rotatable bonds is 1. The lowest BCUT2D eigenvalue weighted by atomic mass is 10.2. The molecule has 1 heterocycles. The first kappa shape index (κ1) is 12.3. The lowest BCUT2D eigenvalue weighted by Crippen LogP contribution is -2.11. The molecule has 0 saturated heterocycles. The highest BCUT2D eigenvalue weighted by atomic mass is 79.9. The van der Waals surface area contributed by atoms with E-state index in [-0.39, 0.29) is 10.6 Å². The van der Waals surface area contributed by atoms with Gasteiger partial charge in [-0.15, -0.1) is 0 Å². The van der Waals surface area contributed by atoms with Crippen LogP contribution in [0.25, 0.3) is 11.4 Å². The zero-order chi connectivity index (χ0) is 12.6. The molecule has 2 aromatic rings. The molecule has 0 bridgehead atoms. The first-order valence-electron chi connectivity index (χ1n) is 4.71. The Bertz CT molecular complexity index is 642. The number of halogens is 3. The molecule has 0 saturated carbocycles. The summed E-state index contributed by atoms with van der Waals surface area (Å²) < 4.78 is 13.7. The Morgan fingerprint density at radius 1 is 1.47 bits per heavy atom. The van der Waals surface area contributed by atoms with E-state index in [2.05, 4.69) is 25.9 Å². The number of aromatic amines is 1. The van der Waals surface area contributed by atoms with Gasteiger partial charge in [-0.05, 0) is 41.1 Å². The maximum Gasteiger partial charge on any atom is 0.265 e. The lowest BCUT2D eigenvalue weighted by molar-refractivity contribution is 0.628. The van der Waals surface area contributed by atoms with Gasteiger partial charge in [0.05, 0.1) is 10.7 Å². The maximum atomic E-state index is 13.3. The van der Waals surface area contributed by atoms with E-state index in [1.165, 1.54) is 12.1 Å². The Balaban J connectivity index is 2.61. The van der Waals surface area contributed by atoms with Gasteiger partial charge in [-0.2, -0.15) is 0 Å². The summed E-state index contributed by atoms with van der Waals surface area (Å²) in [5.74, 6) is -0.237. The van der Waals surface area contributed by atoms with Crippen LogP contribution in [0.4, 0.5) is 4.39 Å². The van der Waals surface area contributed by atoms with Crippen LogP contribution in [0, 0.1) is 12.7 Å². The third-order valence-corrected chi connectivity index (χ3v) is 3.46. The molecule has 3 nitrogen and oxygen atoms in total. The van der Waals surface area contributed by atoms with E-state index in [9.17, 15) is 9.18 Å². The number of aromatic nitrogens is 2. The van der Waals surface area contributed by atoms with Crippen molar-refractivity contribution in [2.45, 2.75) is 6.92 Å². The molecule has 0 amide bonds. The highest BCUT2D eigenvalue weighted by Crippen LogP contribution is 2.22. The van der Waals surface area contributed by atoms with Gasteiger partial charge >= 0.3 is 0 Å². The van der Waals surface area contributed by atoms with Crippen LogP contribution in [-0.2, 0) is 0 Å². The predicted octanol–water partition coefficient (Wildman–Crippen LogP) is 3.30. The third-order valence-electron chi connectivity index (χ3n) is 2.22. The Hall–Kier alpha value is -1.20. The van der Waals surface area contributed by atoms with Gasteiger partial charge in [0.2, 0.25) is 0 Å². The second-order valence-corrected chi connectivity index (χ2v) is 4.64. The summed E-state index contributed by atoms with van der Waals surface area (Å²) in [7, 11) is 0. The van der Waals surface area contributed by atoms with E-state index in [1.54, 1.807) is 13.0 Å². The van der Waals surface area contributed by atoms with E-state index < -0.39 is 5.82 Å². The average Bonchev–Trinajstić information content (AvgIpc) is 2.29. The molecule has 1 aromatic carbocycles. The summed E-state index contributed by atoms with van der Waals surface area (Å²) in [5, 5.41) is 0.0323. The highest BCUT2D eigenvalue weighted by molar-refractivity contribution is 9.10. The van der Waals surface area contributed by atoms with E-state index in [4.69, 9.17) is 11.6 Å². The predicted molar refractivity (Wildman–Crippen MR) is 67.7 cm³/mol.